The molecule has 1 aromatic rings. The third-order valence-electron chi connectivity index (χ3n) is 2.48. The largest absolute Gasteiger partial charge is 0.459 e. The average Bonchev–Trinajstić information content (AvgIpc) is 2.39. The molecule has 7 heteroatoms. The van der Waals surface area contributed by atoms with Gasteiger partial charge in [-0.15, -0.1) is 0 Å². The maximum absolute atomic E-state index is 13.2. The van der Waals surface area contributed by atoms with Crippen molar-refractivity contribution < 1.29 is 23.5 Å². The van der Waals surface area contributed by atoms with Crippen LogP contribution in [0.25, 0.3) is 0 Å². The van der Waals surface area contributed by atoms with Crippen molar-refractivity contribution in [3.63, 3.8) is 0 Å². The van der Waals surface area contributed by atoms with Crippen LogP contribution in [-0.4, -0.2) is 24.1 Å². The van der Waals surface area contributed by atoms with Gasteiger partial charge in [-0.1, -0.05) is 24.3 Å². The van der Waals surface area contributed by atoms with Crippen LogP contribution in [0.2, 0.25) is 5.02 Å². The van der Waals surface area contributed by atoms with Crippen molar-refractivity contribution in [3.8, 4) is 0 Å². The predicted molar refractivity (Wildman–Crippen MR) is 76.5 cm³/mol. The number of benzene rings is 1. The molecule has 0 saturated heterocycles. The van der Waals surface area contributed by atoms with Gasteiger partial charge >= 0.3 is 11.9 Å². The molecule has 21 heavy (non-hydrogen) atoms. The molecule has 1 rings (SSSR count). The van der Waals surface area contributed by atoms with E-state index in [2.05, 4.69) is 6.58 Å². The van der Waals surface area contributed by atoms with E-state index in [-0.39, 0.29) is 22.9 Å². The van der Waals surface area contributed by atoms with Crippen molar-refractivity contribution >= 4 is 29.2 Å². The number of esters is 2. The fraction of sp³-hybridized carbons (Fsp3) is 0.286. The quantitative estimate of drug-likeness (QED) is 0.513. The molecule has 0 spiro atoms. The summed E-state index contributed by atoms with van der Waals surface area (Å²) in [6.07, 6.45) is 1.38. The molecule has 0 heterocycles. The first-order chi connectivity index (χ1) is 9.69. The zero-order valence-corrected chi connectivity index (χ0v) is 12.4. The lowest BCUT2D eigenvalue weighted by Crippen LogP contribution is -2.39. The van der Waals surface area contributed by atoms with E-state index in [1.165, 1.54) is 19.9 Å². The minimum atomic E-state index is -1.54. The molecule has 5 nitrogen and oxygen atoms in total. The van der Waals surface area contributed by atoms with Crippen LogP contribution >= 0.6 is 11.6 Å². The summed E-state index contributed by atoms with van der Waals surface area (Å²) in [6.45, 7) is 6.11. The van der Waals surface area contributed by atoms with Crippen LogP contribution in [-0.2, 0) is 14.3 Å². The molecule has 0 radical (unpaired) electrons. The molecule has 1 aromatic carbocycles. The highest BCUT2D eigenvalue weighted by atomic mass is 35.5. The molecule has 0 fully saturated rings. The first kappa shape index (κ1) is 17.0. The molecule has 0 amide bonds. The second-order valence-electron chi connectivity index (χ2n) is 4.64. The fourth-order valence-corrected chi connectivity index (χ4v) is 1.59. The number of nitrogen functional groups attached to an aromatic ring is 1. The number of rotatable bonds is 5. The smallest absolute Gasteiger partial charge is 0.350 e. The predicted octanol–water partition coefficient (Wildman–Crippen LogP) is 2.73. The number of carbonyl (C=O) groups excluding carboxylic acids is 2. The van der Waals surface area contributed by atoms with Gasteiger partial charge in [-0.2, -0.15) is 0 Å². The SMILES string of the molecule is C=CCOC(=O)C(C)(C)OC(=O)c1cc(N)c(F)cc1Cl. The maximum Gasteiger partial charge on any atom is 0.350 e. The van der Waals surface area contributed by atoms with E-state index in [0.717, 1.165) is 12.1 Å². The van der Waals surface area contributed by atoms with E-state index in [0.29, 0.717) is 0 Å². The molecule has 114 valence electrons. The summed E-state index contributed by atoms with van der Waals surface area (Å²) >= 11 is 5.76. The molecule has 0 aliphatic heterocycles. The molecule has 0 aliphatic carbocycles. The van der Waals surface area contributed by atoms with Gasteiger partial charge in [0.15, 0.2) is 0 Å². The van der Waals surface area contributed by atoms with E-state index in [1.807, 2.05) is 0 Å². The molecule has 0 aliphatic rings. The van der Waals surface area contributed by atoms with Gasteiger partial charge in [-0.05, 0) is 26.0 Å². The molecule has 0 bridgehead atoms. The molecule has 0 aromatic heterocycles. The molecule has 0 atom stereocenters. The van der Waals surface area contributed by atoms with Crippen molar-refractivity contribution in [1.29, 1.82) is 0 Å². The fourth-order valence-electron chi connectivity index (χ4n) is 1.36. The van der Waals surface area contributed by atoms with Gasteiger partial charge in [0.25, 0.3) is 0 Å². The molecular formula is C14H15ClFNO4. The van der Waals surface area contributed by atoms with Crippen molar-refractivity contribution in [1.82, 2.24) is 0 Å². The Bertz CT molecular complexity index is 587. The number of hydrogen-bond acceptors (Lipinski definition) is 5. The van der Waals surface area contributed by atoms with Crippen LogP contribution in [0, 0.1) is 5.82 Å². The number of anilines is 1. The van der Waals surface area contributed by atoms with Crippen LogP contribution in [0.3, 0.4) is 0 Å². The molecule has 0 unspecified atom stereocenters. The Balaban J connectivity index is 2.92. The highest BCUT2D eigenvalue weighted by Crippen LogP contribution is 2.25. The van der Waals surface area contributed by atoms with Crippen LogP contribution in [0.1, 0.15) is 24.2 Å². The summed E-state index contributed by atoms with van der Waals surface area (Å²) in [5, 5.41) is -0.165. The summed E-state index contributed by atoms with van der Waals surface area (Å²) in [5.41, 5.74) is 3.45. The number of carbonyl (C=O) groups is 2. The number of halogens is 2. The lowest BCUT2D eigenvalue weighted by Gasteiger charge is -2.23. The standard InChI is InChI=1S/C14H15ClFNO4/c1-4-5-20-13(19)14(2,3)21-12(18)8-6-11(17)10(16)7-9(8)15/h4,6-7H,1,5,17H2,2-3H3. The monoisotopic (exact) mass is 315 g/mol. The number of nitrogens with two attached hydrogens (primary N) is 1. The van der Waals surface area contributed by atoms with E-state index in [4.69, 9.17) is 26.8 Å². The Hall–Kier alpha value is -2.08. The van der Waals surface area contributed by atoms with Crippen LogP contribution < -0.4 is 5.73 Å². The van der Waals surface area contributed by atoms with Gasteiger partial charge in [-0.3, -0.25) is 0 Å². The van der Waals surface area contributed by atoms with E-state index < -0.39 is 23.4 Å². The van der Waals surface area contributed by atoms with Crippen LogP contribution in [0.5, 0.6) is 0 Å². The van der Waals surface area contributed by atoms with Gasteiger partial charge in [0, 0.05) is 0 Å². The average molecular weight is 316 g/mol. The van der Waals surface area contributed by atoms with Gasteiger partial charge < -0.3 is 15.2 Å². The van der Waals surface area contributed by atoms with Crippen molar-refractivity contribution in [2.45, 2.75) is 19.4 Å². The maximum atomic E-state index is 13.2. The topological polar surface area (TPSA) is 78.6 Å². The Kier molecular flexibility index (Phi) is 5.32. The van der Waals surface area contributed by atoms with Gasteiger partial charge in [0.05, 0.1) is 16.3 Å². The Morgan fingerprint density at radius 1 is 1.48 bits per heavy atom. The van der Waals surface area contributed by atoms with E-state index in [1.54, 1.807) is 0 Å². The summed E-state index contributed by atoms with van der Waals surface area (Å²) in [6, 6.07) is 1.95. The van der Waals surface area contributed by atoms with Gasteiger partial charge in [0.2, 0.25) is 5.60 Å². The van der Waals surface area contributed by atoms with Crippen molar-refractivity contribution in [2.24, 2.45) is 0 Å². The Morgan fingerprint density at radius 2 is 2.10 bits per heavy atom. The normalized spacial score (nSPS) is 10.9. The first-order valence-electron chi connectivity index (χ1n) is 5.95. The van der Waals surface area contributed by atoms with Gasteiger partial charge in [-0.25, -0.2) is 14.0 Å². The second-order valence-corrected chi connectivity index (χ2v) is 5.05. The molecular weight excluding hydrogens is 301 g/mol. The summed E-state index contributed by atoms with van der Waals surface area (Å²) < 4.78 is 23.0. The first-order valence-corrected chi connectivity index (χ1v) is 6.33. The summed E-state index contributed by atoms with van der Waals surface area (Å²) in [5.74, 6) is -2.41. The summed E-state index contributed by atoms with van der Waals surface area (Å²) in [7, 11) is 0. The lowest BCUT2D eigenvalue weighted by molar-refractivity contribution is -0.161. The van der Waals surface area contributed by atoms with Crippen molar-refractivity contribution in [3.05, 3.63) is 41.2 Å². The Labute approximate surface area is 126 Å². The minimum Gasteiger partial charge on any atom is -0.459 e. The third kappa shape index (κ3) is 4.19. The zero-order chi connectivity index (χ0) is 16.2. The highest BCUT2D eigenvalue weighted by Gasteiger charge is 2.34. The number of hydrogen-bond donors (Lipinski definition) is 1. The third-order valence-corrected chi connectivity index (χ3v) is 2.79. The zero-order valence-electron chi connectivity index (χ0n) is 11.6. The van der Waals surface area contributed by atoms with Gasteiger partial charge in [0.1, 0.15) is 12.4 Å². The Morgan fingerprint density at radius 3 is 2.67 bits per heavy atom. The van der Waals surface area contributed by atoms with Crippen LogP contribution in [0.15, 0.2) is 24.8 Å². The highest BCUT2D eigenvalue weighted by molar-refractivity contribution is 6.33. The summed E-state index contributed by atoms with van der Waals surface area (Å²) in [4.78, 5) is 23.7. The molecule has 0 saturated carbocycles. The minimum absolute atomic E-state index is 0.00985. The second kappa shape index (κ2) is 6.58. The van der Waals surface area contributed by atoms with E-state index in [9.17, 15) is 14.0 Å². The lowest BCUT2D eigenvalue weighted by atomic mass is 10.1. The van der Waals surface area contributed by atoms with Crippen molar-refractivity contribution in [2.75, 3.05) is 12.3 Å². The molecule has 2 N–H and O–H groups in total. The number of ether oxygens (including phenoxy) is 2. The van der Waals surface area contributed by atoms with Crippen LogP contribution in [0.4, 0.5) is 10.1 Å². The van der Waals surface area contributed by atoms with E-state index >= 15 is 0 Å².